The third-order valence-corrected chi connectivity index (χ3v) is 2.30. The molecule has 1 aromatic rings. The minimum atomic E-state index is 0.572. The van der Waals surface area contributed by atoms with Gasteiger partial charge in [0.15, 0.2) is 0 Å². The fourth-order valence-electron chi connectivity index (χ4n) is 0.609. The monoisotopic (exact) mass is 200 g/mol. The minimum Gasteiger partial charge on any atom is -0.361 e. The van der Waals surface area contributed by atoms with Gasteiger partial charge in [-0.3, -0.25) is 0 Å². The molecule has 0 fully saturated rings. The van der Waals surface area contributed by atoms with Crippen molar-refractivity contribution in [2.24, 2.45) is 0 Å². The Labute approximate surface area is 80.5 Å². The lowest BCUT2D eigenvalue weighted by Crippen LogP contribution is -2.82. The van der Waals surface area contributed by atoms with Crippen LogP contribution in [0.25, 0.3) is 0 Å². The molecule has 0 aliphatic carbocycles. The van der Waals surface area contributed by atoms with Crippen LogP contribution in [-0.4, -0.2) is 18.4 Å². The second kappa shape index (κ2) is 4.84. The summed E-state index contributed by atoms with van der Waals surface area (Å²) in [5.74, 6) is 0. The molecule has 0 spiro atoms. The molecule has 0 aliphatic heterocycles. The lowest BCUT2D eigenvalue weighted by atomic mass is 10.5. The van der Waals surface area contributed by atoms with Crippen molar-refractivity contribution in [1.82, 2.24) is 10.7 Å². The van der Waals surface area contributed by atoms with Crippen molar-refractivity contribution in [3.63, 3.8) is 0 Å². The summed E-state index contributed by atoms with van der Waals surface area (Å²) in [7, 11) is 1.77. The van der Waals surface area contributed by atoms with Crippen molar-refractivity contribution in [3.05, 3.63) is 22.4 Å². The largest absolute Gasteiger partial charge is 0.361 e. The zero-order chi connectivity index (χ0) is 8.81. The molecule has 0 unspecified atom stereocenters. The molecule has 1 heterocycles. The average molecular weight is 200 g/mol. The summed E-state index contributed by atoms with van der Waals surface area (Å²) in [6.07, 6.45) is 1.86. The zero-order valence-corrected chi connectivity index (χ0v) is 8.26. The average Bonchev–Trinajstić information content (AvgIpc) is 2.57. The summed E-state index contributed by atoms with van der Waals surface area (Å²) >= 11 is 6.51. The van der Waals surface area contributed by atoms with Gasteiger partial charge in [-0.05, 0) is 23.7 Å². The first-order chi connectivity index (χ1) is 5.83. The highest BCUT2D eigenvalue weighted by Gasteiger charge is 1.92. The number of hydrazone groups is 1. The van der Waals surface area contributed by atoms with E-state index in [4.69, 9.17) is 12.2 Å². The SMILES string of the molecule is CNC(=S)N[NH+]=Cc1cccs1. The first-order valence-corrected chi connectivity index (χ1v) is 4.71. The van der Waals surface area contributed by atoms with Gasteiger partial charge in [0.2, 0.25) is 11.3 Å². The molecule has 0 bridgehead atoms. The molecule has 0 radical (unpaired) electrons. The molecule has 0 aromatic carbocycles. The van der Waals surface area contributed by atoms with E-state index in [0.717, 1.165) is 4.88 Å². The van der Waals surface area contributed by atoms with E-state index in [-0.39, 0.29) is 0 Å². The van der Waals surface area contributed by atoms with Crippen molar-refractivity contribution in [3.8, 4) is 0 Å². The number of hydrogen-bond donors (Lipinski definition) is 3. The molecular weight excluding hydrogens is 190 g/mol. The van der Waals surface area contributed by atoms with Gasteiger partial charge in [0.1, 0.15) is 0 Å². The first-order valence-electron chi connectivity index (χ1n) is 3.43. The predicted octanol–water partition coefficient (Wildman–Crippen LogP) is -0.743. The fourth-order valence-corrected chi connectivity index (χ4v) is 1.27. The third-order valence-electron chi connectivity index (χ3n) is 1.17. The maximum atomic E-state index is 4.85. The molecule has 0 saturated heterocycles. The number of thiocarbonyl (C=S) groups is 1. The van der Waals surface area contributed by atoms with Crippen LogP contribution < -0.4 is 15.8 Å². The molecule has 1 aromatic heterocycles. The van der Waals surface area contributed by atoms with E-state index < -0.39 is 0 Å². The molecule has 0 amide bonds. The summed E-state index contributed by atoms with van der Waals surface area (Å²) in [6, 6.07) is 4.01. The quantitative estimate of drug-likeness (QED) is 0.334. The second-order valence-corrected chi connectivity index (χ2v) is 3.40. The Hall–Kier alpha value is -0.940. The van der Waals surface area contributed by atoms with Gasteiger partial charge in [-0.25, -0.2) is 0 Å². The lowest BCUT2D eigenvalue weighted by molar-refractivity contribution is -0.499. The Morgan fingerprint density at radius 2 is 2.58 bits per heavy atom. The van der Waals surface area contributed by atoms with Gasteiger partial charge in [-0.1, -0.05) is 6.07 Å². The molecule has 0 atom stereocenters. The van der Waals surface area contributed by atoms with Gasteiger partial charge in [0.25, 0.3) is 0 Å². The van der Waals surface area contributed by atoms with Crippen molar-refractivity contribution < 1.29 is 5.10 Å². The highest BCUT2D eigenvalue weighted by Crippen LogP contribution is 2.02. The van der Waals surface area contributed by atoms with Crippen LogP contribution in [0.2, 0.25) is 0 Å². The Kier molecular flexibility index (Phi) is 3.69. The number of nitrogens with one attached hydrogen (secondary N) is 3. The Morgan fingerprint density at radius 1 is 1.75 bits per heavy atom. The molecular formula is C7H10N3S2+. The molecule has 1 rings (SSSR count). The molecule has 3 nitrogen and oxygen atoms in total. The van der Waals surface area contributed by atoms with Gasteiger partial charge >= 0.3 is 0 Å². The fraction of sp³-hybridized carbons (Fsp3) is 0.143. The number of hydrazine groups is 1. The highest BCUT2D eigenvalue weighted by molar-refractivity contribution is 7.80. The van der Waals surface area contributed by atoms with Crippen LogP contribution in [0.5, 0.6) is 0 Å². The predicted molar refractivity (Wildman–Crippen MR) is 55.2 cm³/mol. The van der Waals surface area contributed by atoms with Crippen LogP contribution in [-0.2, 0) is 0 Å². The first kappa shape index (κ1) is 9.15. The van der Waals surface area contributed by atoms with E-state index in [2.05, 4.69) is 15.8 Å². The normalized spacial score (nSPS) is 10.1. The Morgan fingerprint density at radius 3 is 3.17 bits per heavy atom. The molecule has 0 saturated carbocycles. The van der Waals surface area contributed by atoms with Gasteiger partial charge < -0.3 is 5.32 Å². The van der Waals surface area contributed by atoms with Crippen LogP contribution in [0.4, 0.5) is 0 Å². The molecule has 5 heteroatoms. The Bertz CT molecular complexity index is 266. The second-order valence-electron chi connectivity index (χ2n) is 2.01. The molecule has 64 valence electrons. The maximum Gasteiger partial charge on any atom is 0.223 e. The van der Waals surface area contributed by atoms with Gasteiger partial charge in [-0.2, -0.15) is 0 Å². The van der Waals surface area contributed by atoms with Crippen LogP contribution in [0.3, 0.4) is 0 Å². The van der Waals surface area contributed by atoms with Crippen LogP contribution in [0, 0.1) is 0 Å². The van der Waals surface area contributed by atoms with Gasteiger partial charge in [0.05, 0.1) is 4.88 Å². The Balaban J connectivity index is 2.37. The maximum absolute atomic E-state index is 4.85. The number of rotatable bonds is 2. The van der Waals surface area contributed by atoms with Crippen LogP contribution in [0.1, 0.15) is 4.88 Å². The number of hydrogen-bond acceptors (Lipinski definition) is 2. The molecule has 0 aliphatic rings. The topological polar surface area (TPSA) is 38.0 Å². The zero-order valence-electron chi connectivity index (χ0n) is 6.63. The van der Waals surface area contributed by atoms with Crippen molar-refractivity contribution >= 4 is 34.9 Å². The molecule has 12 heavy (non-hydrogen) atoms. The summed E-state index contributed by atoms with van der Waals surface area (Å²) in [4.78, 5) is 1.15. The highest BCUT2D eigenvalue weighted by atomic mass is 32.1. The van der Waals surface area contributed by atoms with Gasteiger partial charge in [-0.15, -0.1) is 21.9 Å². The summed E-state index contributed by atoms with van der Waals surface area (Å²) in [5, 5.41) is 8.25. The number of thiophene rings is 1. The summed E-state index contributed by atoms with van der Waals surface area (Å²) in [5.41, 5.74) is 2.79. The third kappa shape index (κ3) is 2.98. The van der Waals surface area contributed by atoms with E-state index in [9.17, 15) is 0 Å². The van der Waals surface area contributed by atoms with Gasteiger partial charge in [0, 0.05) is 7.05 Å². The van der Waals surface area contributed by atoms with Crippen LogP contribution >= 0.6 is 23.6 Å². The van der Waals surface area contributed by atoms with Crippen LogP contribution in [0.15, 0.2) is 17.5 Å². The van der Waals surface area contributed by atoms with Crippen molar-refractivity contribution in [2.75, 3.05) is 7.05 Å². The van der Waals surface area contributed by atoms with E-state index in [0.29, 0.717) is 5.11 Å². The van der Waals surface area contributed by atoms with Crippen molar-refractivity contribution in [2.45, 2.75) is 0 Å². The van der Waals surface area contributed by atoms with E-state index >= 15 is 0 Å². The summed E-state index contributed by atoms with van der Waals surface area (Å²) < 4.78 is 0. The standard InChI is InChI=1S/C7H9N3S2/c1-8-7(11)10-9-5-6-3-2-4-12-6/h2-5H,1H3,(H2,8,10,11)/p+1. The molecule has 3 N–H and O–H groups in total. The summed E-state index contributed by atoms with van der Waals surface area (Å²) in [6.45, 7) is 0. The van der Waals surface area contributed by atoms with Crippen molar-refractivity contribution in [1.29, 1.82) is 0 Å². The lowest BCUT2D eigenvalue weighted by Gasteiger charge is -1.93. The van der Waals surface area contributed by atoms with E-state index in [1.807, 2.05) is 23.7 Å². The van der Waals surface area contributed by atoms with E-state index in [1.165, 1.54) is 0 Å². The van der Waals surface area contributed by atoms with E-state index in [1.54, 1.807) is 18.4 Å². The minimum absolute atomic E-state index is 0.572. The smallest absolute Gasteiger partial charge is 0.223 e.